The lowest BCUT2D eigenvalue weighted by Gasteiger charge is -2.25. The Morgan fingerprint density at radius 3 is 2.68 bits per heavy atom. The molecular weight excluding hydrogens is 448 g/mol. The lowest BCUT2D eigenvalue weighted by Crippen LogP contribution is -2.34. The number of amides is 1. The Bertz CT molecular complexity index is 875. The van der Waals surface area contributed by atoms with Crippen LogP contribution in [0, 0.1) is 11.7 Å². The second-order valence-corrected chi connectivity index (χ2v) is 7.14. The van der Waals surface area contributed by atoms with Gasteiger partial charge >= 0.3 is 12.3 Å². The SMILES string of the molecule is O=C(NCC1CCC1)Oc1cnc(Nc2ccc(Br)cc2F)nc1C(F)(F)F. The number of carbonyl (C=O) groups excluding carboxylic acids is 1. The zero-order chi connectivity index (χ0) is 20.3. The predicted octanol–water partition coefficient (Wildman–Crippen LogP) is 5.03. The van der Waals surface area contributed by atoms with Crippen molar-refractivity contribution in [1.82, 2.24) is 15.3 Å². The van der Waals surface area contributed by atoms with E-state index >= 15 is 0 Å². The lowest BCUT2D eigenvalue weighted by molar-refractivity contribution is -0.142. The van der Waals surface area contributed by atoms with Crippen LogP contribution in [0.25, 0.3) is 0 Å². The number of benzene rings is 1. The van der Waals surface area contributed by atoms with Crippen LogP contribution >= 0.6 is 15.9 Å². The van der Waals surface area contributed by atoms with Crippen molar-refractivity contribution in [2.75, 3.05) is 11.9 Å². The van der Waals surface area contributed by atoms with Gasteiger partial charge in [-0.3, -0.25) is 0 Å². The number of anilines is 2. The summed E-state index contributed by atoms with van der Waals surface area (Å²) < 4.78 is 59.0. The largest absolute Gasteiger partial charge is 0.437 e. The van der Waals surface area contributed by atoms with Gasteiger partial charge in [-0.15, -0.1) is 0 Å². The molecule has 28 heavy (non-hydrogen) atoms. The topological polar surface area (TPSA) is 76.1 Å². The zero-order valence-corrected chi connectivity index (χ0v) is 15.9. The number of hydrogen-bond acceptors (Lipinski definition) is 5. The Kier molecular flexibility index (Phi) is 6.01. The molecule has 2 aromatic rings. The maximum atomic E-state index is 13.9. The van der Waals surface area contributed by atoms with Gasteiger partial charge < -0.3 is 15.4 Å². The van der Waals surface area contributed by atoms with Crippen molar-refractivity contribution < 1.29 is 27.1 Å². The van der Waals surface area contributed by atoms with E-state index in [0.717, 1.165) is 31.5 Å². The van der Waals surface area contributed by atoms with Crippen molar-refractivity contribution in [3.05, 3.63) is 40.4 Å². The number of aromatic nitrogens is 2. The summed E-state index contributed by atoms with van der Waals surface area (Å²) in [5.41, 5.74) is -1.55. The van der Waals surface area contributed by atoms with E-state index in [1.807, 2.05) is 0 Å². The van der Waals surface area contributed by atoms with Gasteiger partial charge in [0.15, 0.2) is 11.4 Å². The molecule has 1 saturated carbocycles. The van der Waals surface area contributed by atoms with Crippen LogP contribution in [-0.2, 0) is 6.18 Å². The van der Waals surface area contributed by atoms with E-state index in [2.05, 4.69) is 36.5 Å². The first-order valence-electron chi connectivity index (χ1n) is 8.34. The highest BCUT2D eigenvalue weighted by Gasteiger charge is 2.38. The van der Waals surface area contributed by atoms with Crippen LogP contribution in [0.1, 0.15) is 25.0 Å². The molecule has 0 unspecified atom stereocenters. The van der Waals surface area contributed by atoms with E-state index in [1.54, 1.807) is 0 Å². The molecule has 1 heterocycles. The molecule has 0 bridgehead atoms. The molecule has 1 aliphatic carbocycles. The molecule has 1 aliphatic rings. The summed E-state index contributed by atoms with van der Waals surface area (Å²) in [5.74, 6) is -1.71. The first-order valence-corrected chi connectivity index (χ1v) is 9.13. The molecule has 6 nitrogen and oxygen atoms in total. The van der Waals surface area contributed by atoms with Gasteiger partial charge in [-0.2, -0.15) is 13.2 Å². The summed E-state index contributed by atoms with van der Waals surface area (Å²) in [5, 5.41) is 4.80. The Morgan fingerprint density at radius 2 is 2.07 bits per heavy atom. The third-order valence-electron chi connectivity index (χ3n) is 4.16. The Labute approximate surface area is 165 Å². The number of carbonyl (C=O) groups is 1. The fourth-order valence-corrected chi connectivity index (χ4v) is 2.81. The minimum atomic E-state index is -4.90. The Morgan fingerprint density at radius 1 is 1.32 bits per heavy atom. The van der Waals surface area contributed by atoms with E-state index in [4.69, 9.17) is 4.74 Å². The van der Waals surface area contributed by atoms with Crippen molar-refractivity contribution in [1.29, 1.82) is 0 Å². The lowest BCUT2D eigenvalue weighted by atomic mass is 9.85. The number of rotatable bonds is 5. The highest BCUT2D eigenvalue weighted by Crippen LogP contribution is 2.35. The molecule has 0 radical (unpaired) electrons. The van der Waals surface area contributed by atoms with Crippen molar-refractivity contribution >= 4 is 33.7 Å². The van der Waals surface area contributed by atoms with Crippen molar-refractivity contribution in [3.63, 3.8) is 0 Å². The number of halogens is 5. The van der Waals surface area contributed by atoms with E-state index < -0.39 is 35.5 Å². The molecule has 0 aliphatic heterocycles. The summed E-state index contributed by atoms with van der Waals surface area (Å²) in [6.07, 6.45) is -2.20. The van der Waals surface area contributed by atoms with Crippen LogP contribution in [0.4, 0.5) is 34.0 Å². The van der Waals surface area contributed by atoms with Crippen molar-refractivity contribution in [3.8, 4) is 5.75 Å². The van der Waals surface area contributed by atoms with Gasteiger partial charge in [0.05, 0.1) is 11.9 Å². The molecule has 0 saturated heterocycles. The number of hydrogen-bond donors (Lipinski definition) is 2. The zero-order valence-electron chi connectivity index (χ0n) is 14.3. The van der Waals surface area contributed by atoms with Crippen LogP contribution in [0.3, 0.4) is 0 Å². The molecule has 11 heteroatoms. The normalized spacial score (nSPS) is 14.3. The van der Waals surface area contributed by atoms with Gasteiger partial charge in [-0.25, -0.2) is 19.2 Å². The molecule has 1 amide bonds. The quantitative estimate of drug-likeness (QED) is 0.609. The van der Waals surface area contributed by atoms with Gasteiger partial charge in [0.2, 0.25) is 5.95 Å². The molecule has 2 N–H and O–H groups in total. The second-order valence-electron chi connectivity index (χ2n) is 6.22. The first-order chi connectivity index (χ1) is 13.2. The minimum Gasteiger partial charge on any atom is -0.406 e. The predicted molar refractivity (Wildman–Crippen MR) is 95.8 cm³/mol. The van der Waals surface area contributed by atoms with Crippen molar-refractivity contribution in [2.24, 2.45) is 5.92 Å². The van der Waals surface area contributed by atoms with E-state index in [-0.39, 0.29) is 5.69 Å². The smallest absolute Gasteiger partial charge is 0.406 e. The average molecular weight is 463 g/mol. The molecule has 3 rings (SSSR count). The van der Waals surface area contributed by atoms with Gasteiger partial charge in [0, 0.05) is 11.0 Å². The van der Waals surface area contributed by atoms with Crippen LogP contribution in [0.15, 0.2) is 28.9 Å². The first kappa shape index (κ1) is 20.3. The molecule has 0 spiro atoms. The molecule has 1 fully saturated rings. The maximum absolute atomic E-state index is 13.9. The average Bonchev–Trinajstić information content (AvgIpc) is 2.56. The summed E-state index contributed by atoms with van der Waals surface area (Å²) in [4.78, 5) is 18.8. The highest BCUT2D eigenvalue weighted by molar-refractivity contribution is 9.10. The fourth-order valence-electron chi connectivity index (χ4n) is 2.48. The minimum absolute atomic E-state index is 0.108. The number of nitrogens with one attached hydrogen (secondary N) is 2. The molecule has 150 valence electrons. The fraction of sp³-hybridized carbons (Fsp3) is 0.353. The van der Waals surface area contributed by atoms with Crippen LogP contribution in [0.2, 0.25) is 0 Å². The van der Waals surface area contributed by atoms with E-state index in [1.165, 1.54) is 12.1 Å². The van der Waals surface area contributed by atoms with Gasteiger partial charge in [0.25, 0.3) is 0 Å². The summed E-state index contributed by atoms with van der Waals surface area (Å²) in [6, 6.07) is 3.95. The number of alkyl halides is 3. The Balaban J connectivity index is 1.76. The standard InChI is InChI=1S/C17H15BrF4N4O2/c18-10-4-5-12(11(19)6-10)25-15-23-8-13(14(26-15)17(20,21)22)28-16(27)24-7-9-2-1-3-9/h4-6,8-9H,1-3,7H2,(H,24,27)(H,23,25,26). The van der Waals surface area contributed by atoms with Crippen LogP contribution in [0.5, 0.6) is 5.75 Å². The highest BCUT2D eigenvalue weighted by atomic mass is 79.9. The van der Waals surface area contributed by atoms with Crippen molar-refractivity contribution in [2.45, 2.75) is 25.4 Å². The third kappa shape index (κ3) is 5.09. The summed E-state index contributed by atoms with van der Waals surface area (Å²) in [6.45, 7) is 0.337. The summed E-state index contributed by atoms with van der Waals surface area (Å²) >= 11 is 3.08. The van der Waals surface area contributed by atoms with Gasteiger partial charge in [0.1, 0.15) is 5.82 Å². The Hall–Kier alpha value is -2.43. The van der Waals surface area contributed by atoms with Gasteiger partial charge in [-0.05, 0) is 37.0 Å². The number of nitrogens with zero attached hydrogens (tertiary/aromatic N) is 2. The maximum Gasteiger partial charge on any atom is 0.437 e. The molecule has 1 aromatic heterocycles. The molecule has 0 atom stereocenters. The van der Waals surface area contributed by atoms with E-state index in [9.17, 15) is 22.4 Å². The monoisotopic (exact) mass is 462 g/mol. The van der Waals surface area contributed by atoms with Gasteiger partial charge in [-0.1, -0.05) is 22.4 Å². The summed E-state index contributed by atoms with van der Waals surface area (Å²) in [7, 11) is 0. The van der Waals surface area contributed by atoms with E-state index in [0.29, 0.717) is 16.9 Å². The van der Waals surface area contributed by atoms with Crippen LogP contribution in [-0.4, -0.2) is 22.6 Å². The second kappa shape index (κ2) is 8.29. The molecule has 1 aromatic carbocycles. The molecular formula is C17H15BrF4N4O2. The number of ether oxygens (including phenoxy) is 1. The van der Waals surface area contributed by atoms with Crippen LogP contribution < -0.4 is 15.4 Å². The third-order valence-corrected chi connectivity index (χ3v) is 4.66.